The summed E-state index contributed by atoms with van der Waals surface area (Å²) in [6.45, 7) is 3.70. The lowest BCUT2D eigenvalue weighted by molar-refractivity contribution is -0.387. The van der Waals surface area contributed by atoms with Crippen LogP contribution in [-0.2, 0) is 0 Å². The average Bonchev–Trinajstić information content (AvgIpc) is 2.37. The van der Waals surface area contributed by atoms with Gasteiger partial charge in [-0.05, 0) is 37.6 Å². The van der Waals surface area contributed by atoms with Crippen LogP contribution in [0.5, 0.6) is 0 Å². The topological polar surface area (TPSA) is 93.3 Å². The van der Waals surface area contributed by atoms with Gasteiger partial charge in [-0.2, -0.15) is 0 Å². The summed E-state index contributed by atoms with van der Waals surface area (Å²) in [5.74, 6) is -1.20. The largest absolute Gasteiger partial charge is 0.478 e. The number of aromatic carboxylic acids is 1. The molecule has 21 heavy (non-hydrogen) atoms. The maximum Gasteiger partial charge on any atom is 0.337 e. The predicted molar refractivity (Wildman–Crippen MR) is 77.9 cm³/mol. The number of carboxylic acid groups (broad SMARTS) is 1. The Labute approximate surface area is 125 Å². The number of nitro benzene ring substituents is 1. The van der Waals surface area contributed by atoms with E-state index in [1.807, 2.05) is 19.9 Å². The van der Waals surface area contributed by atoms with E-state index in [-0.39, 0.29) is 16.1 Å². The van der Waals surface area contributed by atoms with Gasteiger partial charge < -0.3 is 5.11 Å². The zero-order valence-electron chi connectivity index (χ0n) is 11.4. The molecule has 0 atom stereocenters. The first-order valence-electron chi connectivity index (χ1n) is 6.02. The Morgan fingerprint density at radius 3 is 2.62 bits per heavy atom. The van der Waals surface area contributed by atoms with Crippen LogP contribution in [0.15, 0.2) is 40.3 Å². The molecule has 1 N–H and O–H groups in total. The monoisotopic (exact) mass is 304 g/mol. The van der Waals surface area contributed by atoms with Crippen molar-refractivity contribution in [1.82, 2.24) is 4.98 Å². The molecule has 0 bridgehead atoms. The standard InChI is InChI=1S/C14H12N2O4S/c1-8-6-9(2)15-12(7-8)21-13-10(14(17)18)4-3-5-11(13)16(19)20/h3-7H,1-2H3,(H,17,18). The van der Waals surface area contributed by atoms with Crippen molar-refractivity contribution < 1.29 is 14.8 Å². The Morgan fingerprint density at radius 2 is 2.05 bits per heavy atom. The van der Waals surface area contributed by atoms with Crippen molar-refractivity contribution in [2.75, 3.05) is 0 Å². The van der Waals surface area contributed by atoms with E-state index in [1.54, 1.807) is 6.07 Å². The maximum absolute atomic E-state index is 11.3. The first-order valence-corrected chi connectivity index (χ1v) is 6.84. The van der Waals surface area contributed by atoms with Gasteiger partial charge in [-0.25, -0.2) is 9.78 Å². The molecule has 0 aliphatic carbocycles. The summed E-state index contributed by atoms with van der Waals surface area (Å²) in [5, 5.41) is 20.8. The van der Waals surface area contributed by atoms with E-state index in [9.17, 15) is 20.0 Å². The minimum absolute atomic E-state index is 0.0903. The third-order valence-electron chi connectivity index (χ3n) is 2.70. The highest BCUT2D eigenvalue weighted by molar-refractivity contribution is 7.99. The summed E-state index contributed by atoms with van der Waals surface area (Å²) in [4.78, 5) is 26.1. The number of carboxylic acids is 1. The fourth-order valence-corrected chi connectivity index (χ4v) is 3.06. The summed E-state index contributed by atoms with van der Waals surface area (Å²) >= 11 is 0.992. The van der Waals surface area contributed by atoms with E-state index in [0.29, 0.717) is 5.03 Å². The highest BCUT2D eigenvalue weighted by Gasteiger charge is 2.22. The Kier molecular flexibility index (Phi) is 4.23. The molecule has 7 heteroatoms. The first-order chi connectivity index (χ1) is 9.88. The summed E-state index contributed by atoms with van der Waals surface area (Å²) in [5.41, 5.74) is 1.39. The van der Waals surface area contributed by atoms with Gasteiger partial charge in [0.1, 0.15) is 9.92 Å². The molecule has 0 saturated carbocycles. The molecule has 1 aromatic carbocycles. The van der Waals surface area contributed by atoms with Crippen molar-refractivity contribution >= 4 is 23.4 Å². The lowest BCUT2D eigenvalue weighted by Crippen LogP contribution is -2.02. The number of carbonyl (C=O) groups is 1. The lowest BCUT2D eigenvalue weighted by atomic mass is 10.2. The molecule has 0 saturated heterocycles. The number of hydrogen-bond acceptors (Lipinski definition) is 5. The molecule has 0 fully saturated rings. The Hall–Kier alpha value is -2.41. The van der Waals surface area contributed by atoms with Gasteiger partial charge in [0.25, 0.3) is 5.69 Å². The third-order valence-corrected chi connectivity index (χ3v) is 3.75. The van der Waals surface area contributed by atoms with Crippen LogP contribution in [0, 0.1) is 24.0 Å². The average molecular weight is 304 g/mol. The number of aryl methyl sites for hydroxylation is 2. The van der Waals surface area contributed by atoms with Crippen LogP contribution in [0.25, 0.3) is 0 Å². The predicted octanol–water partition coefficient (Wildman–Crippen LogP) is 3.46. The van der Waals surface area contributed by atoms with E-state index < -0.39 is 10.9 Å². The molecular weight excluding hydrogens is 292 g/mol. The van der Waals surface area contributed by atoms with Crippen LogP contribution in [0.4, 0.5) is 5.69 Å². The lowest BCUT2D eigenvalue weighted by Gasteiger charge is -2.07. The Morgan fingerprint density at radius 1 is 1.33 bits per heavy atom. The summed E-state index contributed by atoms with van der Waals surface area (Å²) in [7, 11) is 0. The molecule has 1 aromatic heterocycles. The second-order valence-corrected chi connectivity index (χ2v) is 5.47. The van der Waals surface area contributed by atoms with Crippen molar-refractivity contribution in [2.45, 2.75) is 23.8 Å². The number of nitro groups is 1. The Bertz CT molecular complexity index is 678. The van der Waals surface area contributed by atoms with Gasteiger partial charge in [0, 0.05) is 11.8 Å². The van der Waals surface area contributed by atoms with Crippen LogP contribution < -0.4 is 0 Å². The minimum atomic E-state index is -1.20. The van der Waals surface area contributed by atoms with Crippen LogP contribution >= 0.6 is 11.8 Å². The zero-order chi connectivity index (χ0) is 15.6. The van der Waals surface area contributed by atoms with Gasteiger partial charge in [-0.1, -0.05) is 17.8 Å². The number of aromatic nitrogens is 1. The van der Waals surface area contributed by atoms with Gasteiger partial charge in [0.15, 0.2) is 0 Å². The van der Waals surface area contributed by atoms with Crippen LogP contribution in [0.1, 0.15) is 21.6 Å². The maximum atomic E-state index is 11.3. The summed E-state index contributed by atoms with van der Waals surface area (Å²) in [6, 6.07) is 7.64. The Balaban J connectivity index is 2.56. The van der Waals surface area contributed by atoms with Gasteiger partial charge in [0.2, 0.25) is 0 Å². The smallest absolute Gasteiger partial charge is 0.337 e. The van der Waals surface area contributed by atoms with E-state index in [0.717, 1.165) is 23.0 Å². The minimum Gasteiger partial charge on any atom is -0.478 e. The molecule has 0 radical (unpaired) electrons. The normalized spacial score (nSPS) is 10.4. The number of nitrogens with zero attached hydrogens (tertiary/aromatic N) is 2. The summed E-state index contributed by atoms with van der Waals surface area (Å²) < 4.78 is 0. The second-order valence-electron chi connectivity index (χ2n) is 4.44. The van der Waals surface area contributed by atoms with Crippen LogP contribution in [-0.4, -0.2) is 21.0 Å². The van der Waals surface area contributed by atoms with Crippen molar-refractivity contribution in [3.05, 3.63) is 57.3 Å². The van der Waals surface area contributed by atoms with E-state index in [2.05, 4.69) is 4.98 Å². The third kappa shape index (κ3) is 3.38. The quantitative estimate of drug-likeness (QED) is 0.686. The molecule has 108 valence electrons. The van der Waals surface area contributed by atoms with Crippen molar-refractivity contribution in [3.63, 3.8) is 0 Å². The molecule has 1 heterocycles. The van der Waals surface area contributed by atoms with E-state index in [4.69, 9.17) is 0 Å². The number of pyridine rings is 1. The van der Waals surface area contributed by atoms with Crippen molar-refractivity contribution in [2.24, 2.45) is 0 Å². The second kappa shape index (κ2) is 5.92. The van der Waals surface area contributed by atoms with Gasteiger partial charge in [-0.15, -0.1) is 0 Å². The fraction of sp³-hybridized carbons (Fsp3) is 0.143. The molecule has 6 nitrogen and oxygen atoms in total. The molecule has 0 unspecified atom stereocenters. The summed E-state index contributed by atoms with van der Waals surface area (Å²) in [6.07, 6.45) is 0. The molecular formula is C14H12N2O4S. The zero-order valence-corrected chi connectivity index (χ0v) is 12.2. The first kappa shape index (κ1) is 15.0. The van der Waals surface area contributed by atoms with Crippen molar-refractivity contribution in [1.29, 1.82) is 0 Å². The molecule has 0 amide bonds. The molecule has 0 aliphatic heterocycles. The number of rotatable bonds is 4. The number of hydrogen-bond donors (Lipinski definition) is 1. The molecule has 2 aromatic rings. The van der Waals surface area contributed by atoms with E-state index >= 15 is 0 Å². The fourth-order valence-electron chi connectivity index (χ4n) is 1.91. The van der Waals surface area contributed by atoms with Gasteiger partial charge >= 0.3 is 5.97 Å². The van der Waals surface area contributed by atoms with Crippen LogP contribution in [0.2, 0.25) is 0 Å². The molecule has 0 spiro atoms. The highest BCUT2D eigenvalue weighted by Crippen LogP contribution is 2.37. The van der Waals surface area contributed by atoms with E-state index in [1.165, 1.54) is 18.2 Å². The highest BCUT2D eigenvalue weighted by atomic mass is 32.2. The van der Waals surface area contributed by atoms with Gasteiger partial charge in [0.05, 0.1) is 10.5 Å². The molecule has 2 rings (SSSR count). The molecule has 0 aliphatic rings. The van der Waals surface area contributed by atoms with Crippen LogP contribution in [0.3, 0.4) is 0 Å². The SMILES string of the molecule is Cc1cc(C)nc(Sc2c(C(=O)O)cccc2[N+](=O)[O-])c1. The number of benzene rings is 1. The van der Waals surface area contributed by atoms with Crippen molar-refractivity contribution in [3.8, 4) is 0 Å². The van der Waals surface area contributed by atoms with Gasteiger partial charge in [-0.3, -0.25) is 10.1 Å².